The zero-order valence-corrected chi connectivity index (χ0v) is 6.41. The maximum atomic E-state index is 10.9. The number of hydrogen-bond donors (Lipinski definition) is 0. The molecule has 0 aromatic carbocycles. The lowest BCUT2D eigenvalue weighted by Crippen LogP contribution is -2.35. The maximum Gasteiger partial charge on any atom is 0.323 e. The highest BCUT2D eigenvalue weighted by Crippen LogP contribution is 2.11. The molecule has 0 aliphatic carbocycles. The molecular weight excluding hydrogens is 144 g/mol. The van der Waals surface area contributed by atoms with Crippen molar-refractivity contribution in [2.75, 3.05) is 20.2 Å². The van der Waals surface area contributed by atoms with Crippen LogP contribution in [0.15, 0.2) is 0 Å². The first-order valence-electron chi connectivity index (χ1n) is 3.49. The number of nitrogens with zero attached hydrogens (tertiary/aromatic N) is 2. The highest BCUT2D eigenvalue weighted by atomic mass is 16.5. The van der Waals surface area contributed by atoms with Gasteiger partial charge in [-0.1, -0.05) is 0 Å². The molecule has 0 aromatic heterocycles. The lowest BCUT2D eigenvalue weighted by molar-refractivity contribution is -0.141. The van der Waals surface area contributed by atoms with E-state index in [0.29, 0.717) is 13.0 Å². The lowest BCUT2D eigenvalue weighted by Gasteiger charge is -2.16. The van der Waals surface area contributed by atoms with Crippen molar-refractivity contribution >= 4 is 5.97 Å². The van der Waals surface area contributed by atoms with Crippen LogP contribution in [0.3, 0.4) is 0 Å². The Hall–Kier alpha value is -1.08. The summed E-state index contributed by atoms with van der Waals surface area (Å²) in [5, 5.41) is 8.34. The fourth-order valence-electron chi connectivity index (χ4n) is 1.11. The molecule has 4 nitrogen and oxygen atoms in total. The van der Waals surface area contributed by atoms with Gasteiger partial charge < -0.3 is 4.74 Å². The first kappa shape index (κ1) is 8.02. The summed E-state index contributed by atoms with van der Waals surface area (Å²) in [6.07, 6.45) is 0.705. The number of esters is 1. The van der Waals surface area contributed by atoms with Gasteiger partial charge in [-0.2, -0.15) is 5.26 Å². The fraction of sp³-hybridized carbons (Fsp3) is 0.714. The van der Waals surface area contributed by atoms with Crippen molar-refractivity contribution in [3.05, 3.63) is 0 Å². The number of nitriles is 1. The SMILES string of the molecule is CN(CC#N)C1CCOC1=O. The molecule has 0 amide bonds. The highest BCUT2D eigenvalue weighted by molar-refractivity contribution is 5.77. The van der Waals surface area contributed by atoms with Gasteiger partial charge >= 0.3 is 5.97 Å². The summed E-state index contributed by atoms with van der Waals surface area (Å²) >= 11 is 0. The number of likely N-dealkylation sites (N-methyl/N-ethyl adjacent to an activating group) is 1. The smallest absolute Gasteiger partial charge is 0.323 e. The molecule has 0 spiro atoms. The second-order valence-corrected chi connectivity index (χ2v) is 2.55. The van der Waals surface area contributed by atoms with Gasteiger partial charge in [-0.3, -0.25) is 9.69 Å². The summed E-state index contributed by atoms with van der Waals surface area (Å²) < 4.78 is 4.74. The molecule has 1 aliphatic heterocycles. The van der Waals surface area contributed by atoms with Crippen LogP contribution in [0.25, 0.3) is 0 Å². The molecule has 1 heterocycles. The van der Waals surface area contributed by atoms with Crippen molar-refractivity contribution < 1.29 is 9.53 Å². The van der Waals surface area contributed by atoms with E-state index >= 15 is 0 Å². The van der Waals surface area contributed by atoms with Crippen molar-refractivity contribution in [3.8, 4) is 6.07 Å². The topological polar surface area (TPSA) is 53.3 Å². The molecule has 1 saturated heterocycles. The van der Waals surface area contributed by atoms with Crippen LogP contribution in [0.5, 0.6) is 0 Å². The Morgan fingerprint density at radius 3 is 3.09 bits per heavy atom. The molecule has 4 heteroatoms. The number of cyclic esters (lactones) is 1. The first-order chi connectivity index (χ1) is 5.25. The van der Waals surface area contributed by atoms with E-state index in [0.717, 1.165) is 0 Å². The average Bonchev–Trinajstić information content (AvgIpc) is 2.36. The van der Waals surface area contributed by atoms with E-state index in [4.69, 9.17) is 10.00 Å². The Balaban J connectivity index is 2.47. The summed E-state index contributed by atoms with van der Waals surface area (Å²) in [5.74, 6) is -0.206. The number of hydrogen-bond acceptors (Lipinski definition) is 4. The molecule has 1 atom stereocenters. The molecule has 0 saturated carbocycles. The second kappa shape index (κ2) is 3.35. The van der Waals surface area contributed by atoms with E-state index < -0.39 is 0 Å². The number of carbonyl (C=O) groups excluding carboxylic acids is 1. The highest BCUT2D eigenvalue weighted by Gasteiger charge is 2.29. The molecule has 1 rings (SSSR count). The molecule has 0 aromatic rings. The van der Waals surface area contributed by atoms with Gasteiger partial charge in [0, 0.05) is 6.42 Å². The quantitative estimate of drug-likeness (QED) is 0.407. The first-order valence-corrected chi connectivity index (χ1v) is 3.49. The van der Waals surface area contributed by atoms with E-state index in [2.05, 4.69) is 0 Å². The molecule has 1 fully saturated rings. The van der Waals surface area contributed by atoms with Crippen LogP contribution < -0.4 is 0 Å². The van der Waals surface area contributed by atoms with Crippen LogP contribution in [0.4, 0.5) is 0 Å². The van der Waals surface area contributed by atoms with Crippen LogP contribution in [-0.2, 0) is 9.53 Å². The third-order valence-corrected chi connectivity index (χ3v) is 1.76. The third kappa shape index (κ3) is 1.69. The van der Waals surface area contributed by atoms with Crippen LogP contribution in [0, 0.1) is 11.3 Å². The molecule has 11 heavy (non-hydrogen) atoms. The standard InChI is InChI=1S/C7H10N2O2/c1-9(4-3-8)6-2-5-11-7(6)10/h6H,2,4-5H2,1H3. The Kier molecular flexibility index (Phi) is 2.44. The van der Waals surface area contributed by atoms with Crippen molar-refractivity contribution in [2.45, 2.75) is 12.5 Å². The normalized spacial score (nSPS) is 23.4. The molecule has 1 aliphatic rings. The summed E-state index contributed by atoms with van der Waals surface area (Å²) in [7, 11) is 1.75. The maximum absolute atomic E-state index is 10.9. The van der Waals surface area contributed by atoms with Crippen molar-refractivity contribution in [2.24, 2.45) is 0 Å². The second-order valence-electron chi connectivity index (χ2n) is 2.55. The van der Waals surface area contributed by atoms with Crippen LogP contribution in [-0.4, -0.2) is 37.1 Å². The van der Waals surface area contributed by atoms with Gasteiger partial charge in [-0.05, 0) is 7.05 Å². The van der Waals surface area contributed by atoms with E-state index in [1.165, 1.54) is 0 Å². The van der Waals surface area contributed by atoms with Gasteiger partial charge in [0.1, 0.15) is 6.04 Å². The Bertz CT molecular complexity index is 197. The largest absolute Gasteiger partial charge is 0.464 e. The predicted octanol–water partition coefficient (Wildman–Crippen LogP) is -0.243. The Morgan fingerprint density at radius 2 is 2.64 bits per heavy atom. The Morgan fingerprint density at radius 1 is 1.91 bits per heavy atom. The van der Waals surface area contributed by atoms with Crippen LogP contribution >= 0.6 is 0 Å². The Labute approximate surface area is 65.4 Å². The van der Waals surface area contributed by atoms with Gasteiger partial charge in [0.2, 0.25) is 0 Å². The van der Waals surface area contributed by atoms with E-state index in [1.54, 1.807) is 11.9 Å². The van der Waals surface area contributed by atoms with Gasteiger partial charge in [0.25, 0.3) is 0 Å². The van der Waals surface area contributed by atoms with Crippen molar-refractivity contribution in [3.63, 3.8) is 0 Å². The van der Waals surface area contributed by atoms with E-state index in [9.17, 15) is 4.79 Å². The van der Waals surface area contributed by atoms with Crippen molar-refractivity contribution in [1.82, 2.24) is 4.90 Å². The van der Waals surface area contributed by atoms with Gasteiger partial charge in [0.05, 0.1) is 19.2 Å². The van der Waals surface area contributed by atoms with E-state index in [1.807, 2.05) is 6.07 Å². The predicted molar refractivity (Wildman–Crippen MR) is 37.6 cm³/mol. The monoisotopic (exact) mass is 154 g/mol. The molecule has 60 valence electrons. The van der Waals surface area contributed by atoms with E-state index in [-0.39, 0.29) is 18.6 Å². The number of carbonyl (C=O) groups is 1. The zero-order valence-electron chi connectivity index (χ0n) is 6.41. The minimum Gasteiger partial charge on any atom is -0.464 e. The average molecular weight is 154 g/mol. The molecule has 0 radical (unpaired) electrons. The summed E-state index contributed by atoms with van der Waals surface area (Å²) in [6, 6.07) is 1.78. The minimum atomic E-state index is -0.206. The van der Waals surface area contributed by atoms with Crippen molar-refractivity contribution in [1.29, 1.82) is 5.26 Å². The zero-order chi connectivity index (χ0) is 8.27. The van der Waals surface area contributed by atoms with Crippen LogP contribution in [0.2, 0.25) is 0 Å². The summed E-state index contributed by atoms with van der Waals surface area (Å²) in [5.41, 5.74) is 0. The summed E-state index contributed by atoms with van der Waals surface area (Å²) in [4.78, 5) is 12.6. The number of ether oxygens (including phenoxy) is 1. The lowest BCUT2D eigenvalue weighted by atomic mass is 10.2. The summed E-state index contributed by atoms with van der Waals surface area (Å²) in [6.45, 7) is 0.763. The molecule has 0 N–H and O–H groups in total. The van der Waals surface area contributed by atoms with Gasteiger partial charge in [-0.15, -0.1) is 0 Å². The minimum absolute atomic E-state index is 0.199. The number of rotatable bonds is 2. The van der Waals surface area contributed by atoms with Gasteiger partial charge in [0.15, 0.2) is 0 Å². The fourth-order valence-corrected chi connectivity index (χ4v) is 1.11. The molecular formula is C7H10N2O2. The van der Waals surface area contributed by atoms with Gasteiger partial charge in [-0.25, -0.2) is 0 Å². The third-order valence-electron chi connectivity index (χ3n) is 1.76. The molecule has 0 bridgehead atoms. The molecule has 1 unspecified atom stereocenters. The van der Waals surface area contributed by atoms with Crippen LogP contribution in [0.1, 0.15) is 6.42 Å².